The maximum Gasteiger partial charge on any atom is 0.0785 e. The number of hydrogen-bond donors (Lipinski definition) is 1. The Morgan fingerprint density at radius 1 is 0.532 bits per heavy atom. The van der Waals surface area contributed by atoms with Crippen molar-refractivity contribution in [2.24, 2.45) is 5.73 Å². The first-order valence-corrected chi connectivity index (χ1v) is 16.1. The molecule has 0 fully saturated rings. The molecule has 3 nitrogen and oxygen atoms in total. The summed E-state index contributed by atoms with van der Waals surface area (Å²) in [5.74, 6) is 0. The van der Waals surface area contributed by atoms with E-state index in [1.165, 1.54) is 38.1 Å². The van der Waals surface area contributed by atoms with Crippen LogP contribution in [0.15, 0.2) is 189 Å². The van der Waals surface area contributed by atoms with E-state index >= 15 is 0 Å². The van der Waals surface area contributed by atoms with Crippen LogP contribution in [0.25, 0.3) is 49.3 Å². The van der Waals surface area contributed by atoms with E-state index in [-0.39, 0.29) is 6.04 Å². The van der Waals surface area contributed by atoms with E-state index in [1.54, 1.807) is 6.20 Å². The molecule has 0 amide bonds. The summed E-state index contributed by atoms with van der Waals surface area (Å²) >= 11 is 0. The van der Waals surface area contributed by atoms with Crippen LogP contribution in [0.5, 0.6) is 0 Å². The number of nitrogens with zero attached hydrogens (tertiary/aromatic N) is 2. The van der Waals surface area contributed by atoms with Gasteiger partial charge in [-0.1, -0.05) is 146 Å². The fraction of sp³-hybridized carbons (Fsp3) is 0.0455. The average Bonchev–Trinajstić information content (AvgIpc) is 3.66. The highest BCUT2D eigenvalue weighted by atomic mass is 15.1. The molecule has 2 heterocycles. The summed E-state index contributed by atoms with van der Waals surface area (Å²) in [6.45, 7) is 4.57. The zero-order valence-electron chi connectivity index (χ0n) is 26.1. The summed E-state index contributed by atoms with van der Waals surface area (Å²) in [4.78, 5) is 0. The van der Waals surface area contributed by atoms with Crippen LogP contribution in [-0.4, -0.2) is 9.13 Å². The summed E-state index contributed by atoms with van der Waals surface area (Å²) in [5.41, 5.74) is 13.4. The smallest absolute Gasteiger partial charge is 0.0785 e. The standard InChI is InChI=1S/C44H35N3/c1-2-44(32-18-6-3-7-19-32,33-20-8-4-9-21-33)41(28-16-17-31-45)47-40-27-15-13-25-36(40)38-30-29-37-35-24-12-14-26-39(35)46(42(37)43(38)47)34-22-10-5-11-23-34/h2-31,41H,1,45H2/b28-16-,31-17-. The van der Waals surface area contributed by atoms with Gasteiger partial charge in [0.05, 0.1) is 28.0 Å². The van der Waals surface area contributed by atoms with E-state index in [9.17, 15) is 0 Å². The summed E-state index contributed by atoms with van der Waals surface area (Å²) in [5, 5.41) is 4.86. The van der Waals surface area contributed by atoms with Crippen molar-refractivity contribution in [2.75, 3.05) is 0 Å². The molecule has 2 aromatic heterocycles. The number of hydrogen-bond acceptors (Lipinski definition) is 1. The zero-order valence-corrected chi connectivity index (χ0v) is 26.1. The van der Waals surface area contributed by atoms with E-state index in [4.69, 9.17) is 5.73 Å². The van der Waals surface area contributed by atoms with Crippen molar-refractivity contribution in [3.05, 3.63) is 200 Å². The topological polar surface area (TPSA) is 35.9 Å². The van der Waals surface area contributed by atoms with E-state index < -0.39 is 5.41 Å². The van der Waals surface area contributed by atoms with Crippen LogP contribution in [0.4, 0.5) is 0 Å². The van der Waals surface area contributed by atoms with Crippen LogP contribution in [0, 0.1) is 0 Å². The van der Waals surface area contributed by atoms with Crippen molar-refractivity contribution in [1.82, 2.24) is 9.13 Å². The van der Waals surface area contributed by atoms with Gasteiger partial charge in [-0.05, 0) is 47.7 Å². The number of para-hydroxylation sites is 3. The molecule has 8 aromatic rings. The van der Waals surface area contributed by atoms with Gasteiger partial charge in [-0.3, -0.25) is 0 Å². The number of aromatic nitrogens is 2. The summed E-state index contributed by atoms with van der Waals surface area (Å²) in [7, 11) is 0. The van der Waals surface area contributed by atoms with Crippen LogP contribution in [0.1, 0.15) is 17.2 Å². The molecule has 6 aromatic carbocycles. The first-order valence-electron chi connectivity index (χ1n) is 16.1. The Balaban J connectivity index is 1.62. The fourth-order valence-electron chi connectivity index (χ4n) is 7.64. The second kappa shape index (κ2) is 11.7. The number of nitrogens with two attached hydrogens (primary N) is 1. The molecule has 0 saturated carbocycles. The van der Waals surface area contributed by atoms with Gasteiger partial charge in [-0.25, -0.2) is 0 Å². The average molecular weight is 606 g/mol. The maximum atomic E-state index is 5.92. The lowest BCUT2D eigenvalue weighted by molar-refractivity contribution is 0.468. The molecule has 8 rings (SSSR count). The molecule has 0 aliphatic rings. The number of rotatable bonds is 8. The Hall–Kier alpha value is -6.06. The van der Waals surface area contributed by atoms with Gasteiger partial charge < -0.3 is 14.9 Å². The lowest BCUT2D eigenvalue weighted by atomic mass is 9.68. The Morgan fingerprint density at radius 2 is 1.04 bits per heavy atom. The van der Waals surface area contributed by atoms with Crippen LogP contribution in [0.2, 0.25) is 0 Å². The van der Waals surface area contributed by atoms with Gasteiger partial charge in [0.2, 0.25) is 0 Å². The summed E-state index contributed by atoms with van der Waals surface area (Å²) in [6, 6.07) is 54.1. The zero-order chi connectivity index (χ0) is 31.8. The Kier molecular flexibility index (Phi) is 7.08. The van der Waals surface area contributed by atoms with Crippen molar-refractivity contribution in [1.29, 1.82) is 0 Å². The van der Waals surface area contributed by atoms with Crippen LogP contribution in [-0.2, 0) is 5.41 Å². The van der Waals surface area contributed by atoms with Gasteiger partial charge in [0.25, 0.3) is 0 Å². The SMILES string of the molecule is C=CC(c1ccccc1)(c1ccccc1)C(/C=C\C=C/N)n1c2ccccc2c2ccc3c4ccccc4n(-c4ccccc4)c3c21. The Morgan fingerprint density at radius 3 is 1.64 bits per heavy atom. The summed E-state index contributed by atoms with van der Waals surface area (Å²) < 4.78 is 4.98. The molecular formula is C44H35N3. The first-order chi connectivity index (χ1) is 23.3. The van der Waals surface area contributed by atoms with E-state index in [2.05, 4.69) is 186 Å². The van der Waals surface area contributed by atoms with Gasteiger partial charge in [0.1, 0.15) is 0 Å². The molecule has 1 unspecified atom stereocenters. The molecule has 0 aliphatic heterocycles. The summed E-state index contributed by atoms with van der Waals surface area (Å²) in [6.07, 6.45) is 9.98. The monoisotopic (exact) mass is 605 g/mol. The molecule has 0 aliphatic carbocycles. The molecule has 1 atom stereocenters. The van der Waals surface area contributed by atoms with Crippen LogP contribution >= 0.6 is 0 Å². The van der Waals surface area contributed by atoms with Gasteiger partial charge in [0, 0.05) is 32.7 Å². The second-order valence-electron chi connectivity index (χ2n) is 12.0. The molecular weight excluding hydrogens is 571 g/mol. The van der Waals surface area contributed by atoms with Crippen LogP contribution in [0.3, 0.4) is 0 Å². The second-order valence-corrected chi connectivity index (χ2v) is 12.0. The van der Waals surface area contributed by atoms with Crippen molar-refractivity contribution >= 4 is 43.6 Å². The lowest BCUT2D eigenvalue weighted by Crippen LogP contribution is -2.35. The number of benzene rings is 6. The normalized spacial score (nSPS) is 13.0. The largest absolute Gasteiger partial charge is 0.405 e. The minimum Gasteiger partial charge on any atom is -0.405 e. The number of allylic oxidation sites excluding steroid dienone is 4. The van der Waals surface area contributed by atoms with Gasteiger partial charge in [0.15, 0.2) is 0 Å². The number of fused-ring (bicyclic) bond motifs is 7. The first kappa shape index (κ1) is 28.4. The third-order valence-electron chi connectivity index (χ3n) is 9.60. The molecule has 3 heteroatoms. The molecule has 226 valence electrons. The molecule has 2 N–H and O–H groups in total. The van der Waals surface area contributed by atoms with Crippen molar-refractivity contribution in [2.45, 2.75) is 11.5 Å². The highest BCUT2D eigenvalue weighted by Gasteiger charge is 2.41. The van der Waals surface area contributed by atoms with Crippen LogP contribution < -0.4 is 5.73 Å². The minimum atomic E-state index is -0.637. The van der Waals surface area contributed by atoms with Crippen molar-refractivity contribution in [3.63, 3.8) is 0 Å². The van der Waals surface area contributed by atoms with Crippen molar-refractivity contribution < 1.29 is 0 Å². The van der Waals surface area contributed by atoms with E-state index in [0.29, 0.717) is 0 Å². The third kappa shape index (κ3) is 4.35. The van der Waals surface area contributed by atoms with E-state index in [1.807, 2.05) is 6.08 Å². The van der Waals surface area contributed by atoms with Gasteiger partial charge >= 0.3 is 0 Å². The molecule has 47 heavy (non-hydrogen) atoms. The molecule has 0 radical (unpaired) electrons. The highest BCUT2D eigenvalue weighted by molar-refractivity contribution is 6.23. The van der Waals surface area contributed by atoms with Gasteiger partial charge in [-0.15, -0.1) is 6.58 Å². The molecule has 0 spiro atoms. The van der Waals surface area contributed by atoms with Crippen molar-refractivity contribution in [3.8, 4) is 5.69 Å². The molecule has 0 bridgehead atoms. The predicted octanol–water partition coefficient (Wildman–Crippen LogP) is 10.6. The van der Waals surface area contributed by atoms with E-state index in [0.717, 1.165) is 22.3 Å². The molecule has 0 saturated heterocycles. The Labute approximate surface area is 274 Å². The van der Waals surface area contributed by atoms with Gasteiger partial charge in [-0.2, -0.15) is 0 Å². The Bertz CT molecular complexity index is 2390. The highest BCUT2D eigenvalue weighted by Crippen LogP contribution is 2.49. The minimum absolute atomic E-state index is 0.226. The quantitative estimate of drug-likeness (QED) is 0.136. The lowest BCUT2D eigenvalue weighted by Gasteiger charge is -2.40. The predicted molar refractivity (Wildman–Crippen MR) is 199 cm³/mol. The maximum absolute atomic E-state index is 5.92. The fourth-order valence-corrected chi connectivity index (χ4v) is 7.64. The third-order valence-corrected chi connectivity index (χ3v) is 9.60.